The Balaban J connectivity index is 1.49. The number of rotatable bonds is 7. The van der Waals surface area contributed by atoms with Crippen LogP contribution in [0.2, 0.25) is 0 Å². The molecule has 1 aromatic carbocycles. The first kappa shape index (κ1) is 20.8. The van der Waals surface area contributed by atoms with Gasteiger partial charge in [0, 0.05) is 45.1 Å². The number of aromatic nitrogens is 2. The molecule has 0 spiro atoms. The van der Waals surface area contributed by atoms with Crippen LogP contribution in [0.4, 0.5) is 10.3 Å². The number of ether oxygens (including phenoxy) is 1. The lowest BCUT2D eigenvalue weighted by molar-refractivity contribution is 0.114. The number of guanidine groups is 1. The fourth-order valence-electron chi connectivity index (χ4n) is 2.97. The zero-order chi connectivity index (χ0) is 20.5. The molecule has 2 N–H and O–H groups in total. The van der Waals surface area contributed by atoms with E-state index in [9.17, 15) is 9.50 Å². The van der Waals surface area contributed by atoms with Gasteiger partial charge in [-0.1, -0.05) is 0 Å². The van der Waals surface area contributed by atoms with Gasteiger partial charge in [-0.2, -0.15) is 0 Å². The maximum Gasteiger partial charge on any atom is 0.225 e. The molecule has 2 heterocycles. The normalized spacial score (nSPS) is 15.9. The Bertz CT molecular complexity index is 766. The number of hydrogen-bond acceptors (Lipinski definition) is 6. The standard InChI is InChI=1S/C20H27FN6O2/c1-2-22-19(25-14-17(28)15-29-18-6-4-16(21)5-7-18)26-10-12-27(13-11-26)20-23-8-3-9-24-20/h3-9,17,28H,2,10-15H2,1H3,(H,22,25). The molecule has 0 aliphatic carbocycles. The van der Waals surface area contributed by atoms with E-state index >= 15 is 0 Å². The van der Waals surface area contributed by atoms with Gasteiger partial charge >= 0.3 is 0 Å². The van der Waals surface area contributed by atoms with Crippen molar-refractivity contribution in [3.05, 3.63) is 48.5 Å². The Morgan fingerprint density at radius 1 is 1.21 bits per heavy atom. The van der Waals surface area contributed by atoms with Gasteiger partial charge in [-0.15, -0.1) is 0 Å². The number of aliphatic imine (C=N–C) groups is 1. The summed E-state index contributed by atoms with van der Waals surface area (Å²) in [7, 11) is 0. The predicted molar refractivity (Wildman–Crippen MR) is 110 cm³/mol. The highest BCUT2D eigenvalue weighted by molar-refractivity contribution is 5.80. The van der Waals surface area contributed by atoms with Crippen LogP contribution in [0.5, 0.6) is 5.75 Å². The summed E-state index contributed by atoms with van der Waals surface area (Å²) in [6, 6.07) is 7.52. The summed E-state index contributed by atoms with van der Waals surface area (Å²) in [5.74, 6) is 1.70. The van der Waals surface area contributed by atoms with Gasteiger partial charge in [-0.3, -0.25) is 4.99 Å². The average Bonchev–Trinajstić information content (AvgIpc) is 2.77. The molecule has 1 aromatic heterocycles. The van der Waals surface area contributed by atoms with Crippen LogP contribution in [0.15, 0.2) is 47.7 Å². The summed E-state index contributed by atoms with van der Waals surface area (Å²) in [6.45, 7) is 6.22. The van der Waals surface area contributed by atoms with Crippen molar-refractivity contribution < 1.29 is 14.2 Å². The van der Waals surface area contributed by atoms with Crippen LogP contribution in [0, 0.1) is 5.82 Å². The average molecular weight is 402 g/mol. The monoisotopic (exact) mass is 402 g/mol. The lowest BCUT2D eigenvalue weighted by Gasteiger charge is -2.36. The summed E-state index contributed by atoms with van der Waals surface area (Å²) in [5, 5.41) is 13.5. The predicted octanol–water partition coefficient (Wildman–Crippen LogP) is 1.14. The zero-order valence-electron chi connectivity index (χ0n) is 16.5. The molecule has 0 amide bonds. The summed E-state index contributed by atoms with van der Waals surface area (Å²) >= 11 is 0. The van der Waals surface area contributed by atoms with Gasteiger partial charge in [0.2, 0.25) is 5.95 Å². The lowest BCUT2D eigenvalue weighted by Crippen LogP contribution is -2.53. The minimum Gasteiger partial charge on any atom is -0.491 e. The Morgan fingerprint density at radius 2 is 1.90 bits per heavy atom. The molecule has 1 fully saturated rings. The Hall–Kier alpha value is -2.94. The van der Waals surface area contributed by atoms with Crippen LogP contribution in [-0.2, 0) is 0 Å². The van der Waals surface area contributed by atoms with E-state index in [-0.39, 0.29) is 19.0 Å². The number of aliphatic hydroxyl groups excluding tert-OH is 1. The van der Waals surface area contributed by atoms with E-state index in [0.717, 1.165) is 44.6 Å². The molecule has 0 radical (unpaired) electrons. The number of hydrogen-bond donors (Lipinski definition) is 2. The molecule has 3 rings (SSSR count). The highest BCUT2D eigenvalue weighted by Crippen LogP contribution is 2.12. The Morgan fingerprint density at radius 3 is 2.55 bits per heavy atom. The summed E-state index contributed by atoms with van der Waals surface area (Å²) < 4.78 is 18.4. The van der Waals surface area contributed by atoms with Crippen molar-refractivity contribution in [2.75, 3.05) is 50.8 Å². The molecular weight excluding hydrogens is 375 g/mol. The molecule has 1 saturated heterocycles. The van der Waals surface area contributed by atoms with E-state index in [1.54, 1.807) is 18.5 Å². The van der Waals surface area contributed by atoms with Gasteiger partial charge < -0.3 is 25.0 Å². The maximum absolute atomic E-state index is 12.9. The number of halogens is 1. The molecule has 2 aromatic rings. The van der Waals surface area contributed by atoms with Crippen molar-refractivity contribution >= 4 is 11.9 Å². The van der Waals surface area contributed by atoms with E-state index in [1.807, 2.05) is 6.92 Å². The van der Waals surface area contributed by atoms with E-state index in [2.05, 4.69) is 30.1 Å². The topological polar surface area (TPSA) is 86.1 Å². The van der Waals surface area contributed by atoms with E-state index in [0.29, 0.717) is 5.75 Å². The van der Waals surface area contributed by atoms with Crippen molar-refractivity contribution in [1.29, 1.82) is 0 Å². The molecule has 1 aliphatic heterocycles. The number of piperazine rings is 1. The molecule has 1 aliphatic rings. The molecule has 156 valence electrons. The van der Waals surface area contributed by atoms with Crippen molar-refractivity contribution in [3.63, 3.8) is 0 Å². The molecular formula is C20H27FN6O2. The summed E-state index contributed by atoms with van der Waals surface area (Å²) in [4.78, 5) is 17.5. The zero-order valence-corrected chi connectivity index (χ0v) is 16.5. The second-order valence-electron chi connectivity index (χ2n) is 6.64. The van der Waals surface area contributed by atoms with Gasteiger partial charge in [0.15, 0.2) is 5.96 Å². The van der Waals surface area contributed by atoms with Gasteiger partial charge in [-0.05, 0) is 37.3 Å². The van der Waals surface area contributed by atoms with E-state index < -0.39 is 6.10 Å². The quantitative estimate of drug-likeness (QED) is 0.531. The molecule has 29 heavy (non-hydrogen) atoms. The first-order valence-electron chi connectivity index (χ1n) is 9.77. The minimum absolute atomic E-state index is 0.0909. The molecule has 9 heteroatoms. The van der Waals surface area contributed by atoms with Crippen molar-refractivity contribution in [2.45, 2.75) is 13.0 Å². The van der Waals surface area contributed by atoms with Crippen LogP contribution in [0.1, 0.15) is 6.92 Å². The fourth-order valence-corrected chi connectivity index (χ4v) is 2.97. The van der Waals surface area contributed by atoms with E-state index in [4.69, 9.17) is 4.74 Å². The second-order valence-corrected chi connectivity index (χ2v) is 6.64. The number of nitrogens with one attached hydrogen (secondary N) is 1. The van der Waals surface area contributed by atoms with Crippen LogP contribution >= 0.6 is 0 Å². The van der Waals surface area contributed by atoms with Gasteiger partial charge in [-0.25, -0.2) is 14.4 Å². The van der Waals surface area contributed by atoms with Crippen molar-refractivity contribution in [2.24, 2.45) is 4.99 Å². The number of benzene rings is 1. The molecule has 8 nitrogen and oxygen atoms in total. The highest BCUT2D eigenvalue weighted by atomic mass is 19.1. The van der Waals surface area contributed by atoms with E-state index in [1.165, 1.54) is 24.3 Å². The summed E-state index contributed by atoms with van der Waals surface area (Å²) in [5.41, 5.74) is 0. The SMILES string of the molecule is CCNC(=NCC(O)COc1ccc(F)cc1)N1CCN(c2ncccn2)CC1. The smallest absolute Gasteiger partial charge is 0.225 e. The fraction of sp³-hybridized carbons (Fsp3) is 0.450. The molecule has 0 bridgehead atoms. The third-order valence-electron chi connectivity index (χ3n) is 4.46. The Labute approximate surface area is 170 Å². The van der Waals surface area contributed by atoms with Crippen molar-refractivity contribution in [3.8, 4) is 5.75 Å². The molecule has 0 saturated carbocycles. The third kappa shape index (κ3) is 6.28. The third-order valence-corrected chi connectivity index (χ3v) is 4.46. The minimum atomic E-state index is -0.757. The van der Waals surface area contributed by atoms with Crippen LogP contribution in [0.3, 0.4) is 0 Å². The second kappa shape index (κ2) is 10.6. The lowest BCUT2D eigenvalue weighted by atomic mass is 10.3. The van der Waals surface area contributed by atoms with Crippen molar-refractivity contribution in [1.82, 2.24) is 20.2 Å². The van der Waals surface area contributed by atoms with Gasteiger partial charge in [0.25, 0.3) is 0 Å². The number of nitrogens with zero attached hydrogens (tertiary/aromatic N) is 5. The summed E-state index contributed by atoms with van der Waals surface area (Å²) in [6.07, 6.45) is 2.73. The van der Waals surface area contributed by atoms with Crippen LogP contribution in [-0.4, -0.2) is 77.9 Å². The number of anilines is 1. The maximum atomic E-state index is 12.9. The first-order valence-corrected chi connectivity index (χ1v) is 9.77. The number of aliphatic hydroxyl groups is 1. The molecule has 1 atom stereocenters. The highest BCUT2D eigenvalue weighted by Gasteiger charge is 2.21. The van der Waals surface area contributed by atoms with Crippen LogP contribution < -0.4 is 15.0 Å². The molecule has 1 unspecified atom stereocenters. The van der Waals surface area contributed by atoms with Crippen LogP contribution in [0.25, 0.3) is 0 Å². The Kier molecular flexibility index (Phi) is 7.57. The van der Waals surface area contributed by atoms with Gasteiger partial charge in [0.05, 0.1) is 6.54 Å². The van der Waals surface area contributed by atoms with Gasteiger partial charge in [0.1, 0.15) is 24.3 Å². The largest absolute Gasteiger partial charge is 0.491 e. The first-order chi connectivity index (χ1) is 14.2.